The van der Waals surface area contributed by atoms with Crippen molar-refractivity contribution in [2.24, 2.45) is 11.8 Å². The van der Waals surface area contributed by atoms with Crippen LogP contribution in [0.25, 0.3) is 0 Å². The van der Waals surface area contributed by atoms with E-state index in [1.54, 1.807) is 4.90 Å². The number of fused-ring (bicyclic) bond motifs is 2. The molecule has 2 bridgehead atoms. The van der Waals surface area contributed by atoms with E-state index in [9.17, 15) is 14.0 Å². The number of hydrogen-bond donors (Lipinski definition) is 0. The summed E-state index contributed by atoms with van der Waals surface area (Å²) in [5.74, 6) is -0.454. The monoisotopic (exact) mass is 363 g/mol. The van der Waals surface area contributed by atoms with Gasteiger partial charge in [0.25, 0.3) is 0 Å². The molecule has 2 fully saturated rings. The molecule has 1 heterocycles. The molecular weight excluding hydrogens is 337 g/mol. The van der Waals surface area contributed by atoms with Crippen molar-refractivity contribution < 1.29 is 23.5 Å². The number of piperidine rings is 1. The van der Waals surface area contributed by atoms with E-state index in [-0.39, 0.29) is 29.4 Å². The van der Waals surface area contributed by atoms with Gasteiger partial charge in [-0.2, -0.15) is 0 Å². The Hall–Kier alpha value is -2.11. The fourth-order valence-corrected chi connectivity index (χ4v) is 4.26. The maximum absolute atomic E-state index is 14.3. The van der Waals surface area contributed by atoms with Gasteiger partial charge in [-0.05, 0) is 69.1 Å². The van der Waals surface area contributed by atoms with E-state index in [0.29, 0.717) is 13.1 Å². The van der Waals surface area contributed by atoms with Crippen LogP contribution in [0.2, 0.25) is 0 Å². The van der Waals surface area contributed by atoms with Gasteiger partial charge < -0.3 is 14.4 Å². The fourth-order valence-electron chi connectivity index (χ4n) is 4.26. The van der Waals surface area contributed by atoms with Crippen molar-refractivity contribution in [3.05, 3.63) is 35.1 Å². The van der Waals surface area contributed by atoms with Crippen molar-refractivity contribution in [1.29, 1.82) is 0 Å². The minimum atomic E-state index is -0.670. The van der Waals surface area contributed by atoms with Gasteiger partial charge in [0, 0.05) is 13.1 Å². The van der Waals surface area contributed by atoms with Crippen LogP contribution in [0.3, 0.4) is 0 Å². The third-order valence-corrected chi connectivity index (χ3v) is 5.27. The second kappa shape index (κ2) is 6.89. The predicted octanol–water partition coefficient (Wildman–Crippen LogP) is 3.97. The average Bonchev–Trinajstić information content (AvgIpc) is 2.82. The van der Waals surface area contributed by atoms with Crippen molar-refractivity contribution in [1.82, 2.24) is 4.90 Å². The van der Waals surface area contributed by atoms with Crippen molar-refractivity contribution in [2.75, 3.05) is 20.2 Å². The molecular formula is C20H26FNO4. The second-order valence-electron chi connectivity index (χ2n) is 8.24. The number of hydrogen-bond acceptors (Lipinski definition) is 4. The first kappa shape index (κ1) is 18.7. The molecule has 0 spiro atoms. The number of halogens is 1. The van der Waals surface area contributed by atoms with Crippen LogP contribution in [0.4, 0.5) is 9.18 Å². The molecule has 0 N–H and O–H groups in total. The van der Waals surface area contributed by atoms with Crippen molar-refractivity contribution in [3.63, 3.8) is 0 Å². The quantitative estimate of drug-likeness (QED) is 0.746. The Balaban J connectivity index is 1.75. The molecule has 1 aromatic rings. The van der Waals surface area contributed by atoms with Gasteiger partial charge in [-0.25, -0.2) is 14.0 Å². The number of carbonyl (C=O) groups is 2. The highest BCUT2D eigenvalue weighted by molar-refractivity contribution is 5.89. The second-order valence-corrected chi connectivity index (χ2v) is 8.24. The van der Waals surface area contributed by atoms with Crippen LogP contribution in [0.1, 0.15) is 55.5 Å². The van der Waals surface area contributed by atoms with E-state index < -0.39 is 17.4 Å². The van der Waals surface area contributed by atoms with Crippen LogP contribution in [-0.4, -0.2) is 42.8 Å². The summed E-state index contributed by atoms with van der Waals surface area (Å²) in [6.45, 7) is 6.82. The zero-order valence-electron chi connectivity index (χ0n) is 15.8. The first-order chi connectivity index (χ1) is 12.2. The van der Waals surface area contributed by atoms with E-state index in [2.05, 4.69) is 4.74 Å². The van der Waals surface area contributed by atoms with Crippen molar-refractivity contribution >= 4 is 12.1 Å². The Labute approximate surface area is 153 Å². The van der Waals surface area contributed by atoms with E-state index in [1.807, 2.05) is 26.8 Å². The molecule has 0 aromatic heterocycles. The largest absolute Gasteiger partial charge is 0.465 e. The van der Waals surface area contributed by atoms with Crippen LogP contribution in [0, 0.1) is 17.7 Å². The molecule has 1 aliphatic carbocycles. The number of methoxy groups -OCH3 is 1. The smallest absolute Gasteiger partial charge is 0.410 e. The lowest BCUT2D eigenvalue weighted by atomic mass is 9.80. The molecule has 3 rings (SSSR count). The van der Waals surface area contributed by atoms with E-state index >= 15 is 0 Å². The summed E-state index contributed by atoms with van der Waals surface area (Å²) < 4.78 is 24.4. The number of nitrogens with zero attached hydrogens (tertiary/aromatic N) is 1. The number of benzene rings is 1. The highest BCUT2D eigenvalue weighted by Crippen LogP contribution is 2.48. The van der Waals surface area contributed by atoms with Crippen molar-refractivity contribution in [2.45, 2.75) is 45.1 Å². The molecule has 3 atom stereocenters. The third-order valence-electron chi connectivity index (χ3n) is 5.27. The summed E-state index contributed by atoms with van der Waals surface area (Å²) in [5, 5.41) is 0. The topological polar surface area (TPSA) is 55.8 Å². The summed E-state index contributed by atoms with van der Waals surface area (Å²) in [6.07, 6.45) is 1.74. The zero-order chi connectivity index (χ0) is 19.1. The van der Waals surface area contributed by atoms with Crippen molar-refractivity contribution in [3.8, 4) is 0 Å². The lowest BCUT2D eigenvalue weighted by molar-refractivity contribution is 0.0129. The zero-order valence-corrected chi connectivity index (χ0v) is 15.8. The van der Waals surface area contributed by atoms with Gasteiger partial charge in [0.15, 0.2) is 0 Å². The van der Waals surface area contributed by atoms with Gasteiger partial charge in [0.1, 0.15) is 11.4 Å². The number of rotatable bonds is 2. The maximum atomic E-state index is 14.3. The molecule has 6 heteroatoms. The molecule has 1 aliphatic heterocycles. The molecule has 0 radical (unpaired) electrons. The van der Waals surface area contributed by atoms with E-state index in [0.717, 1.165) is 18.4 Å². The molecule has 2 aliphatic rings. The van der Waals surface area contributed by atoms with Crippen LogP contribution in [0.15, 0.2) is 18.2 Å². The van der Waals surface area contributed by atoms with E-state index in [1.165, 1.54) is 19.2 Å². The fraction of sp³-hybridized carbons (Fsp3) is 0.600. The normalized spacial score (nSPS) is 25.1. The Morgan fingerprint density at radius 1 is 1.15 bits per heavy atom. The summed E-state index contributed by atoms with van der Waals surface area (Å²) >= 11 is 0. The molecule has 142 valence electrons. The number of carbonyl (C=O) groups excluding carboxylic acids is 2. The number of likely N-dealkylation sites (tertiary alicyclic amines) is 1. The standard InChI is InChI=1S/C20H26FNO4/c1-20(2,3)26-19(24)22-10-13-5-6-14(11-22)17(13)12-7-8-15(16(21)9-12)18(23)25-4/h7-9,13-14,17H,5-6,10-11H2,1-4H3/t13-,14+,17?. The first-order valence-corrected chi connectivity index (χ1v) is 9.05. The minimum Gasteiger partial charge on any atom is -0.465 e. The average molecular weight is 363 g/mol. The van der Waals surface area contributed by atoms with Gasteiger partial charge in [-0.15, -0.1) is 0 Å². The lowest BCUT2D eigenvalue weighted by Gasteiger charge is -2.38. The van der Waals surface area contributed by atoms with Crippen LogP contribution >= 0.6 is 0 Å². The molecule has 1 amide bonds. The van der Waals surface area contributed by atoms with Gasteiger partial charge in [0.05, 0.1) is 12.7 Å². The molecule has 5 nitrogen and oxygen atoms in total. The molecule has 26 heavy (non-hydrogen) atoms. The van der Waals surface area contributed by atoms with Gasteiger partial charge in [-0.3, -0.25) is 0 Å². The molecule has 1 aromatic carbocycles. The number of amides is 1. The predicted molar refractivity (Wildman–Crippen MR) is 94.5 cm³/mol. The van der Waals surface area contributed by atoms with Gasteiger partial charge in [0.2, 0.25) is 0 Å². The highest BCUT2D eigenvalue weighted by Gasteiger charge is 2.44. The number of esters is 1. The number of ether oxygens (including phenoxy) is 2. The van der Waals surface area contributed by atoms with Gasteiger partial charge >= 0.3 is 12.1 Å². The Morgan fingerprint density at radius 3 is 2.27 bits per heavy atom. The first-order valence-electron chi connectivity index (χ1n) is 9.05. The summed E-state index contributed by atoms with van der Waals surface area (Å²) in [5.41, 5.74) is 0.334. The summed E-state index contributed by atoms with van der Waals surface area (Å²) in [4.78, 5) is 25.7. The van der Waals surface area contributed by atoms with Crippen LogP contribution in [0.5, 0.6) is 0 Å². The Bertz CT molecular complexity index is 698. The lowest BCUT2D eigenvalue weighted by Crippen LogP contribution is -2.46. The third kappa shape index (κ3) is 3.69. The Kier molecular flexibility index (Phi) is 4.95. The maximum Gasteiger partial charge on any atom is 0.410 e. The summed E-state index contributed by atoms with van der Waals surface area (Å²) in [6, 6.07) is 4.76. The highest BCUT2D eigenvalue weighted by atomic mass is 19.1. The molecule has 1 saturated heterocycles. The van der Waals surface area contributed by atoms with Crippen LogP contribution in [-0.2, 0) is 9.47 Å². The molecule has 1 unspecified atom stereocenters. The van der Waals surface area contributed by atoms with E-state index in [4.69, 9.17) is 4.74 Å². The molecule has 1 saturated carbocycles. The minimum absolute atomic E-state index is 0.0465. The Morgan fingerprint density at radius 2 is 1.77 bits per heavy atom. The van der Waals surface area contributed by atoms with Crippen LogP contribution < -0.4 is 0 Å². The summed E-state index contributed by atoms with van der Waals surface area (Å²) in [7, 11) is 1.24. The van der Waals surface area contributed by atoms with Gasteiger partial charge in [-0.1, -0.05) is 6.07 Å². The SMILES string of the molecule is COC(=O)c1ccc(C2[C@@H]3CC[C@H]2CN(C(=O)OC(C)(C)C)C3)cc1F.